The molecule has 0 aromatic heterocycles. The Morgan fingerprint density at radius 3 is 2.23 bits per heavy atom. The van der Waals surface area contributed by atoms with Crippen LogP contribution >= 0.6 is 24.2 Å². The Kier molecular flexibility index (Phi) is 8.62. The average molecular weight is 336 g/mol. The van der Waals surface area contributed by atoms with Gasteiger partial charge >= 0.3 is 0 Å². The summed E-state index contributed by atoms with van der Waals surface area (Å²) in [7, 11) is 2.02. The van der Waals surface area contributed by atoms with Crippen LogP contribution in [0.25, 0.3) is 0 Å². The minimum absolute atomic E-state index is 0. The van der Waals surface area contributed by atoms with Gasteiger partial charge in [0.05, 0.1) is 0 Å². The SMILES string of the molecule is CNCCC(Sc1ccccc1C(C)C)c1ccccc1.Cl. The lowest BCUT2D eigenvalue weighted by atomic mass is 10.0. The molecule has 1 nitrogen and oxygen atoms in total. The number of nitrogens with one attached hydrogen (secondary N) is 1. The van der Waals surface area contributed by atoms with Crippen molar-refractivity contribution in [3.8, 4) is 0 Å². The summed E-state index contributed by atoms with van der Waals surface area (Å²) in [5, 5.41) is 3.78. The highest BCUT2D eigenvalue weighted by Gasteiger charge is 2.15. The molecule has 0 amide bonds. The van der Waals surface area contributed by atoms with Gasteiger partial charge in [-0.2, -0.15) is 0 Å². The fourth-order valence-corrected chi connectivity index (χ4v) is 3.89. The summed E-state index contributed by atoms with van der Waals surface area (Å²) >= 11 is 2.00. The molecule has 0 saturated heterocycles. The Labute approximate surface area is 145 Å². The van der Waals surface area contributed by atoms with Gasteiger partial charge in [-0.3, -0.25) is 0 Å². The van der Waals surface area contributed by atoms with Crippen molar-refractivity contribution in [2.45, 2.75) is 36.3 Å². The lowest BCUT2D eigenvalue weighted by Gasteiger charge is -2.20. The van der Waals surface area contributed by atoms with Crippen LogP contribution in [0.5, 0.6) is 0 Å². The van der Waals surface area contributed by atoms with Gasteiger partial charge in [0, 0.05) is 10.1 Å². The van der Waals surface area contributed by atoms with E-state index in [0.717, 1.165) is 13.0 Å². The molecule has 0 bridgehead atoms. The highest BCUT2D eigenvalue weighted by Crippen LogP contribution is 2.40. The van der Waals surface area contributed by atoms with E-state index in [9.17, 15) is 0 Å². The summed E-state index contributed by atoms with van der Waals surface area (Å²) in [5.41, 5.74) is 2.86. The summed E-state index contributed by atoms with van der Waals surface area (Å²) in [6, 6.07) is 19.6. The first kappa shape index (κ1) is 19.1. The lowest BCUT2D eigenvalue weighted by Crippen LogP contribution is -2.11. The fraction of sp³-hybridized carbons (Fsp3) is 0.368. The normalized spacial score (nSPS) is 12.0. The number of benzene rings is 2. The highest BCUT2D eigenvalue weighted by molar-refractivity contribution is 7.99. The van der Waals surface area contributed by atoms with Crippen LogP contribution in [0.3, 0.4) is 0 Å². The Morgan fingerprint density at radius 1 is 0.955 bits per heavy atom. The maximum Gasteiger partial charge on any atom is 0.0356 e. The van der Waals surface area contributed by atoms with Gasteiger partial charge in [0.25, 0.3) is 0 Å². The molecule has 1 atom stereocenters. The molecule has 1 N–H and O–H groups in total. The average Bonchev–Trinajstić information content (AvgIpc) is 2.52. The number of thioether (sulfide) groups is 1. The molecule has 2 aromatic carbocycles. The number of hydrogen-bond donors (Lipinski definition) is 1. The van der Waals surface area contributed by atoms with E-state index in [0.29, 0.717) is 11.2 Å². The van der Waals surface area contributed by atoms with Crippen molar-refractivity contribution in [1.29, 1.82) is 0 Å². The Bertz CT molecular complexity index is 542. The van der Waals surface area contributed by atoms with Crippen LogP contribution < -0.4 is 5.32 Å². The van der Waals surface area contributed by atoms with E-state index < -0.39 is 0 Å². The van der Waals surface area contributed by atoms with Crippen LogP contribution in [0.2, 0.25) is 0 Å². The van der Waals surface area contributed by atoms with Crippen LogP contribution in [-0.2, 0) is 0 Å². The quantitative estimate of drug-likeness (QED) is 0.654. The molecule has 0 aliphatic heterocycles. The van der Waals surface area contributed by atoms with Crippen molar-refractivity contribution in [3.05, 3.63) is 65.7 Å². The molecule has 120 valence electrons. The minimum atomic E-state index is 0. The largest absolute Gasteiger partial charge is 0.320 e. The molecular weight excluding hydrogens is 310 g/mol. The van der Waals surface area contributed by atoms with E-state index in [1.54, 1.807) is 0 Å². The van der Waals surface area contributed by atoms with Gasteiger partial charge < -0.3 is 5.32 Å². The van der Waals surface area contributed by atoms with Gasteiger partial charge in [0.1, 0.15) is 0 Å². The maximum absolute atomic E-state index is 3.28. The van der Waals surface area contributed by atoms with Crippen LogP contribution in [0.15, 0.2) is 59.5 Å². The van der Waals surface area contributed by atoms with Crippen LogP contribution in [-0.4, -0.2) is 13.6 Å². The Hall–Kier alpha value is -0.960. The third-order valence-electron chi connectivity index (χ3n) is 3.64. The number of halogens is 1. The second kappa shape index (κ2) is 9.94. The second-order valence-electron chi connectivity index (χ2n) is 5.60. The van der Waals surface area contributed by atoms with E-state index in [1.165, 1.54) is 16.0 Å². The number of rotatable bonds is 7. The zero-order valence-corrected chi connectivity index (χ0v) is 15.2. The van der Waals surface area contributed by atoms with Crippen LogP contribution in [0, 0.1) is 0 Å². The summed E-state index contributed by atoms with van der Waals surface area (Å²) in [5.74, 6) is 0.564. The molecule has 22 heavy (non-hydrogen) atoms. The molecule has 2 aromatic rings. The standard InChI is InChI=1S/C19H25NS.ClH/c1-15(2)17-11-7-8-12-19(17)21-18(13-14-20-3)16-9-5-4-6-10-16;/h4-12,15,18,20H,13-14H2,1-3H3;1H. The molecule has 3 heteroatoms. The van der Waals surface area contributed by atoms with E-state index >= 15 is 0 Å². The molecule has 0 aliphatic rings. The Balaban J connectivity index is 0.00000242. The predicted octanol–water partition coefficient (Wildman–Crippen LogP) is 5.67. The van der Waals surface area contributed by atoms with Gasteiger partial charge in [-0.1, -0.05) is 62.4 Å². The third-order valence-corrected chi connectivity index (χ3v) is 5.06. The van der Waals surface area contributed by atoms with Crippen molar-refractivity contribution in [2.24, 2.45) is 0 Å². The molecule has 0 heterocycles. The van der Waals surface area contributed by atoms with Gasteiger partial charge in [-0.05, 0) is 43.1 Å². The molecule has 0 aliphatic carbocycles. The maximum atomic E-state index is 3.28. The second-order valence-corrected chi connectivity index (χ2v) is 6.85. The third kappa shape index (κ3) is 5.35. The monoisotopic (exact) mass is 335 g/mol. The molecule has 1 unspecified atom stereocenters. The molecular formula is C19H26ClNS. The minimum Gasteiger partial charge on any atom is -0.320 e. The summed E-state index contributed by atoms with van der Waals surface area (Å²) in [4.78, 5) is 1.41. The van der Waals surface area contributed by atoms with Gasteiger partial charge in [0.15, 0.2) is 0 Å². The molecule has 0 radical (unpaired) electrons. The summed E-state index contributed by atoms with van der Waals surface area (Å²) in [6.45, 7) is 5.57. The Morgan fingerprint density at radius 2 is 1.59 bits per heavy atom. The summed E-state index contributed by atoms with van der Waals surface area (Å²) in [6.07, 6.45) is 1.14. The van der Waals surface area contributed by atoms with E-state index in [1.807, 2.05) is 18.8 Å². The van der Waals surface area contributed by atoms with Gasteiger partial charge in [-0.25, -0.2) is 0 Å². The highest BCUT2D eigenvalue weighted by atomic mass is 35.5. The zero-order valence-electron chi connectivity index (χ0n) is 13.6. The fourth-order valence-electron chi connectivity index (χ4n) is 2.45. The van der Waals surface area contributed by atoms with Gasteiger partial charge in [0.2, 0.25) is 0 Å². The van der Waals surface area contributed by atoms with E-state index in [4.69, 9.17) is 0 Å². The molecule has 0 fully saturated rings. The lowest BCUT2D eigenvalue weighted by molar-refractivity contribution is 0.714. The number of hydrogen-bond acceptors (Lipinski definition) is 2. The first-order valence-corrected chi connectivity index (χ1v) is 8.55. The topological polar surface area (TPSA) is 12.0 Å². The van der Waals surface area contributed by atoms with Crippen LogP contribution in [0.1, 0.15) is 42.6 Å². The molecule has 0 saturated carbocycles. The van der Waals surface area contributed by atoms with Crippen molar-refractivity contribution in [3.63, 3.8) is 0 Å². The zero-order chi connectivity index (χ0) is 15.1. The van der Waals surface area contributed by atoms with Crippen molar-refractivity contribution in [2.75, 3.05) is 13.6 Å². The van der Waals surface area contributed by atoms with Gasteiger partial charge in [-0.15, -0.1) is 24.2 Å². The predicted molar refractivity (Wildman–Crippen MR) is 101 cm³/mol. The molecule has 2 rings (SSSR count). The molecule has 0 spiro atoms. The van der Waals surface area contributed by atoms with E-state index in [2.05, 4.69) is 73.8 Å². The van der Waals surface area contributed by atoms with E-state index in [-0.39, 0.29) is 12.4 Å². The summed E-state index contributed by atoms with van der Waals surface area (Å²) < 4.78 is 0. The van der Waals surface area contributed by atoms with Crippen molar-refractivity contribution in [1.82, 2.24) is 5.32 Å². The first-order valence-electron chi connectivity index (χ1n) is 7.67. The van der Waals surface area contributed by atoms with Crippen molar-refractivity contribution >= 4 is 24.2 Å². The first-order chi connectivity index (χ1) is 10.2. The van der Waals surface area contributed by atoms with Crippen molar-refractivity contribution < 1.29 is 0 Å². The smallest absolute Gasteiger partial charge is 0.0356 e. The van der Waals surface area contributed by atoms with Crippen LogP contribution in [0.4, 0.5) is 0 Å².